The minimum absolute atomic E-state index is 0.0439. The summed E-state index contributed by atoms with van der Waals surface area (Å²) in [6, 6.07) is 19.3. The monoisotopic (exact) mass is 379 g/mol. The first-order valence-corrected chi connectivity index (χ1v) is 9.28. The SMILES string of the molecule is CCC(NC(=O)COc1cccc2ccccc12)c1ccc(OC)c(OC)c1. The van der Waals surface area contributed by atoms with Crippen molar-refractivity contribution in [2.45, 2.75) is 19.4 Å². The third kappa shape index (κ3) is 4.36. The number of ether oxygens (including phenoxy) is 3. The lowest BCUT2D eigenvalue weighted by Crippen LogP contribution is -2.32. The minimum Gasteiger partial charge on any atom is -0.493 e. The lowest BCUT2D eigenvalue weighted by molar-refractivity contribution is -0.123. The van der Waals surface area contributed by atoms with E-state index in [1.807, 2.05) is 67.6 Å². The van der Waals surface area contributed by atoms with Crippen molar-refractivity contribution in [3.05, 3.63) is 66.2 Å². The molecule has 0 saturated heterocycles. The number of carbonyl (C=O) groups is 1. The van der Waals surface area contributed by atoms with Crippen molar-refractivity contribution < 1.29 is 19.0 Å². The second-order valence-electron chi connectivity index (χ2n) is 6.41. The van der Waals surface area contributed by atoms with Gasteiger partial charge < -0.3 is 19.5 Å². The van der Waals surface area contributed by atoms with Crippen LogP contribution >= 0.6 is 0 Å². The second-order valence-corrected chi connectivity index (χ2v) is 6.41. The van der Waals surface area contributed by atoms with E-state index >= 15 is 0 Å². The maximum absolute atomic E-state index is 12.5. The van der Waals surface area contributed by atoms with Crippen LogP contribution in [0.3, 0.4) is 0 Å². The molecule has 0 aliphatic carbocycles. The van der Waals surface area contributed by atoms with Crippen molar-refractivity contribution in [1.29, 1.82) is 0 Å². The van der Waals surface area contributed by atoms with E-state index in [9.17, 15) is 4.79 Å². The molecule has 0 aliphatic rings. The van der Waals surface area contributed by atoms with Crippen molar-refractivity contribution in [1.82, 2.24) is 5.32 Å². The Bertz CT molecular complexity index is 949. The molecule has 0 heterocycles. The van der Waals surface area contributed by atoms with Crippen LogP contribution in [0.4, 0.5) is 0 Å². The molecule has 0 aromatic heterocycles. The van der Waals surface area contributed by atoms with Crippen molar-refractivity contribution in [3.63, 3.8) is 0 Å². The Morgan fingerprint density at radius 1 is 0.929 bits per heavy atom. The fraction of sp³-hybridized carbons (Fsp3) is 0.261. The van der Waals surface area contributed by atoms with Crippen molar-refractivity contribution in [2.75, 3.05) is 20.8 Å². The molecule has 5 nitrogen and oxygen atoms in total. The van der Waals surface area contributed by atoms with E-state index in [4.69, 9.17) is 14.2 Å². The molecule has 146 valence electrons. The topological polar surface area (TPSA) is 56.8 Å². The molecule has 3 aromatic carbocycles. The van der Waals surface area contributed by atoms with E-state index in [2.05, 4.69) is 5.32 Å². The molecular formula is C23H25NO4. The van der Waals surface area contributed by atoms with Crippen molar-refractivity contribution >= 4 is 16.7 Å². The molecule has 3 aromatic rings. The highest BCUT2D eigenvalue weighted by Gasteiger charge is 2.16. The Labute approximate surface area is 165 Å². The Hall–Kier alpha value is -3.21. The fourth-order valence-corrected chi connectivity index (χ4v) is 3.19. The largest absolute Gasteiger partial charge is 0.493 e. The lowest BCUT2D eigenvalue weighted by atomic mass is 10.0. The first-order chi connectivity index (χ1) is 13.7. The molecule has 5 heteroatoms. The zero-order valence-electron chi connectivity index (χ0n) is 16.4. The average molecular weight is 379 g/mol. The van der Waals surface area contributed by atoms with Gasteiger partial charge in [-0.1, -0.05) is 49.4 Å². The van der Waals surface area contributed by atoms with Crippen LogP contribution < -0.4 is 19.5 Å². The number of hydrogen-bond acceptors (Lipinski definition) is 4. The molecule has 0 bridgehead atoms. The molecular weight excluding hydrogens is 354 g/mol. The molecule has 1 unspecified atom stereocenters. The standard InChI is InChI=1S/C23H25NO4/c1-4-19(17-12-13-21(26-2)22(14-17)27-3)24-23(25)15-28-20-11-7-9-16-8-5-6-10-18(16)20/h5-14,19H,4,15H2,1-3H3,(H,24,25). The number of methoxy groups -OCH3 is 2. The van der Waals surface area contributed by atoms with E-state index in [0.29, 0.717) is 17.2 Å². The number of rotatable bonds is 8. The Kier molecular flexibility index (Phi) is 6.37. The number of benzene rings is 3. The van der Waals surface area contributed by atoms with Crippen LogP contribution in [-0.2, 0) is 4.79 Å². The second kappa shape index (κ2) is 9.13. The maximum Gasteiger partial charge on any atom is 0.258 e. The molecule has 1 amide bonds. The lowest BCUT2D eigenvalue weighted by Gasteiger charge is -2.19. The number of fused-ring (bicyclic) bond motifs is 1. The summed E-state index contributed by atoms with van der Waals surface area (Å²) in [7, 11) is 3.19. The molecule has 28 heavy (non-hydrogen) atoms. The molecule has 1 N–H and O–H groups in total. The van der Waals surface area contributed by atoms with Gasteiger partial charge in [-0.2, -0.15) is 0 Å². The molecule has 1 atom stereocenters. The number of hydrogen-bond donors (Lipinski definition) is 1. The van der Waals surface area contributed by atoms with Crippen LogP contribution in [0.5, 0.6) is 17.2 Å². The fourth-order valence-electron chi connectivity index (χ4n) is 3.19. The smallest absolute Gasteiger partial charge is 0.258 e. The van der Waals surface area contributed by atoms with Gasteiger partial charge in [0.1, 0.15) is 5.75 Å². The zero-order chi connectivity index (χ0) is 19.9. The number of amides is 1. The summed E-state index contributed by atoms with van der Waals surface area (Å²) in [5.41, 5.74) is 0.957. The Balaban J connectivity index is 1.67. The average Bonchev–Trinajstić information content (AvgIpc) is 2.75. The van der Waals surface area contributed by atoms with E-state index < -0.39 is 0 Å². The number of carbonyl (C=O) groups excluding carboxylic acids is 1. The summed E-state index contributed by atoms with van der Waals surface area (Å²) < 4.78 is 16.4. The molecule has 0 aliphatic heterocycles. The van der Waals surface area contributed by atoms with E-state index in [0.717, 1.165) is 22.8 Å². The van der Waals surface area contributed by atoms with Crippen molar-refractivity contribution in [3.8, 4) is 17.2 Å². The highest BCUT2D eigenvalue weighted by molar-refractivity contribution is 5.88. The van der Waals surface area contributed by atoms with Crippen LogP contribution in [0.15, 0.2) is 60.7 Å². The van der Waals surface area contributed by atoms with Gasteiger partial charge in [-0.15, -0.1) is 0 Å². The van der Waals surface area contributed by atoms with Crippen LogP contribution in [-0.4, -0.2) is 26.7 Å². The third-order valence-electron chi connectivity index (χ3n) is 4.66. The van der Waals surface area contributed by atoms with Gasteiger partial charge in [0.25, 0.3) is 5.91 Å². The minimum atomic E-state index is -0.172. The van der Waals surface area contributed by atoms with Gasteiger partial charge in [0.05, 0.1) is 20.3 Å². The van der Waals surface area contributed by atoms with Gasteiger partial charge in [0, 0.05) is 5.39 Å². The quantitative estimate of drug-likeness (QED) is 0.626. The Morgan fingerprint density at radius 2 is 1.68 bits per heavy atom. The Morgan fingerprint density at radius 3 is 2.43 bits per heavy atom. The number of nitrogens with one attached hydrogen (secondary N) is 1. The predicted octanol–water partition coefficient (Wildman–Crippen LogP) is 4.50. The molecule has 3 rings (SSSR count). The van der Waals surface area contributed by atoms with Gasteiger partial charge in [0.2, 0.25) is 0 Å². The van der Waals surface area contributed by atoms with Gasteiger partial charge in [-0.3, -0.25) is 4.79 Å². The highest BCUT2D eigenvalue weighted by atomic mass is 16.5. The predicted molar refractivity (Wildman–Crippen MR) is 110 cm³/mol. The van der Waals surface area contributed by atoms with Crippen LogP contribution in [0.1, 0.15) is 24.9 Å². The summed E-state index contributed by atoms with van der Waals surface area (Å²) in [4.78, 5) is 12.5. The molecule has 0 radical (unpaired) electrons. The van der Waals surface area contributed by atoms with E-state index in [1.54, 1.807) is 14.2 Å². The maximum atomic E-state index is 12.5. The summed E-state index contributed by atoms with van der Waals surface area (Å²) in [5.74, 6) is 1.83. The van der Waals surface area contributed by atoms with Crippen LogP contribution in [0.2, 0.25) is 0 Å². The van der Waals surface area contributed by atoms with E-state index in [-0.39, 0.29) is 18.6 Å². The normalized spacial score (nSPS) is 11.7. The highest BCUT2D eigenvalue weighted by Crippen LogP contribution is 2.31. The first-order valence-electron chi connectivity index (χ1n) is 9.28. The molecule has 0 fully saturated rings. The summed E-state index contributed by atoms with van der Waals surface area (Å²) in [6.07, 6.45) is 0.746. The van der Waals surface area contributed by atoms with E-state index in [1.165, 1.54) is 0 Å². The summed E-state index contributed by atoms with van der Waals surface area (Å²) in [6.45, 7) is 1.98. The van der Waals surface area contributed by atoms with Gasteiger partial charge in [0.15, 0.2) is 18.1 Å². The van der Waals surface area contributed by atoms with Gasteiger partial charge in [-0.25, -0.2) is 0 Å². The van der Waals surface area contributed by atoms with Gasteiger partial charge >= 0.3 is 0 Å². The van der Waals surface area contributed by atoms with Crippen molar-refractivity contribution in [2.24, 2.45) is 0 Å². The third-order valence-corrected chi connectivity index (χ3v) is 4.66. The van der Waals surface area contributed by atoms with Crippen LogP contribution in [0, 0.1) is 0 Å². The zero-order valence-corrected chi connectivity index (χ0v) is 16.4. The van der Waals surface area contributed by atoms with Crippen LogP contribution in [0.25, 0.3) is 10.8 Å². The first kappa shape index (κ1) is 19.5. The summed E-state index contributed by atoms with van der Waals surface area (Å²) in [5, 5.41) is 5.10. The van der Waals surface area contributed by atoms with Gasteiger partial charge in [-0.05, 0) is 35.6 Å². The molecule has 0 saturated carbocycles. The summed E-state index contributed by atoms with van der Waals surface area (Å²) >= 11 is 0. The molecule has 0 spiro atoms.